The van der Waals surface area contributed by atoms with Gasteiger partial charge < -0.3 is 10.1 Å². The van der Waals surface area contributed by atoms with Crippen molar-refractivity contribution in [2.24, 2.45) is 0 Å². The van der Waals surface area contributed by atoms with Crippen LogP contribution in [0.25, 0.3) is 16.7 Å². The van der Waals surface area contributed by atoms with E-state index in [0.717, 1.165) is 17.0 Å². The Kier molecular flexibility index (Phi) is 5.63. The molecule has 2 aromatic heterocycles. The summed E-state index contributed by atoms with van der Waals surface area (Å²) in [5.41, 5.74) is 3.04. The standard InChI is InChI=1S/C24H23N5O3S/c1-3-32-19-10-6-16(7-11-19)26-21(30)12-18-14-33-24-27-22-20(23(31)28(18)24)13-25-29(22)17-8-4-15(2)5-9-17/h4-11,13,18H,3,12,14H2,1-2H3,(H,26,30). The SMILES string of the molecule is CCOc1ccc(NC(=O)CC2CSc3nc4c(cnn4-c4ccc(C)cc4)c(=O)n32)cc1. The van der Waals surface area contributed by atoms with Gasteiger partial charge >= 0.3 is 0 Å². The summed E-state index contributed by atoms with van der Waals surface area (Å²) in [7, 11) is 0. The highest BCUT2D eigenvalue weighted by atomic mass is 32.2. The van der Waals surface area contributed by atoms with Crippen molar-refractivity contribution in [1.82, 2.24) is 19.3 Å². The maximum atomic E-state index is 13.3. The number of hydrogen-bond donors (Lipinski definition) is 1. The van der Waals surface area contributed by atoms with Crippen LogP contribution in [-0.4, -0.2) is 37.6 Å². The van der Waals surface area contributed by atoms with Gasteiger partial charge in [-0.25, -0.2) is 9.67 Å². The molecule has 3 heterocycles. The van der Waals surface area contributed by atoms with E-state index in [1.54, 1.807) is 27.6 Å². The summed E-state index contributed by atoms with van der Waals surface area (Å²) >= 11 is 1.48. The first-order valence-electron chi connectivity index (χ1n) is 10.8. The van der Waals surface area contributed by atoms with Crippen molar-refractivity contribution in [3.8, 4) is 11.4 Å². The van der Waals surface area contributed by atoms with Gasteiger partial charge in [0, 0.05) is 17.9 Å². The number of fused-ring (bicyclic) bond motifs is 2. The number of hydrogen-bond acceptors (Lipinski definition) is 6. The zero-order valence-corrected chi connectivity index (χ0v) is 19.1. The van der Waals surface area contributed by atoms with Crippen LogP contribution in [0.4, 0.5) is 5.69 Å². The van der Waals surface area contributed by atoms with Gasteiger partial charge in [-0.3, -0.25) is 14.2 Å². The van der Waals surface area contributed by atoms with Crippen LogP contribution in [0.2, 0.25) is 0 Å². The number of ether oxygens (including phenoxy) is 1. The van der Waals surface area contributed by atoms with Gasteiger partial charge in [0.05, 0.1) is 24.5 Å². The number of aromatic nitrogens is 4. The van der Waals surface area contributed by atoms with E-state index in [0.29, 0.717) is 34.2 Å². The third-order valence-electron chi connectivity index (χ3n) is 5.52. The molecule has 1 N–H and O–H groups in total. The Balaban J connectivity index is 1.38. The van der Waals surface area contributed by atoms with Crippen molar-refractivity contribution in [3.63, 3.8) is 0 Å². The molecule has 0 spiro atoms. The second kappa shape index (κ2) is 8.74. The van der Waals surface area contributed by atoms with Crippen LogP contribution >= 0.6 is 11.8 Å². The van der Waals surface area contributed by atoms with Gasteiger partial charge in [0.1, 0.15) is 11.1 Å². The number of nitrogens with one attached hydrogen (secondary N) is 1. The fourth-order valence-electron chi connectivity index (χ4n) is 3.88. The molecule has 2 aromatic carbocycles. The minimum Gasteiger partial charge on any atom is -0.494 e. The van der Waals surface area contributed by atoms with Crippen molar-refractivity contribution >= 4 is 34.4 Å². The highest BCUT2D eigenvalue weighted by Gasteiger charge is 2.29. The zero-order chi connectivity index (χ0) is 22.9. The molecule has 9 heteroatoms. The number of carbonyl (C=O) groups excluding carboxylic acids is 1. The summed E-state index contributed by atoms with van der Waals surface area (Å²) in [6, 6.07) is 14.9. The topological polar surface area (TPSA) is 91.0 Å². The molecule has 1 aliphatic heterocycles. The molecule has 0 saturated heterocycles. The lowest BCUT2D eigenvalue weighted by atomic mass is 10.2. The van der Waals surface area contributed by atoms with Crippen molar-refractivity contribution in [2.75, 3.05) is 17.7 Å². The summed E-state index contributed by atoms with van der Waals surface area (Å²) in [6.07, 6.45) is 1.74. The Morgan fingerprint density at radius 1 is 1.18 bits per heavy atom. The number of rotatable bonds is 6. The molecule has 4 aromatic rings. The van der Waals surface area contributed by atoms with Crippen LogP contribution in [0, 0.1) is 6.92 Å². The molecule has 1 atom stereocenters. The third kappa shape index (κ3) is 4.11. The Morgan fingerprint density at radius 2 is 1.94 bits per heavy atom. The van der Waals surface area contributed by atoms with Crippen molar-refractivity contribution in [1.29, 1.82) is 0 Å². The Morgan fingerprint density at radius 3 is 2.67 bits per heavy atom. The minimum atomic E-state index is -0.264. The van der Waals surface area contributed by atoms with E-state index >= 15 is 0 Å². The molecule has 0 aliphatic carbocycles. The molecule has 0 radical (unpaired) electrons. The molecule has 33 heavy (non-hydrogen) atoms. The van der Waals surface area contributed by atoms with E-state index in [1.807, 2.05) is 50.2 Å². The second-order valence-corrected chi connectivity index (χ2v) is 8.86. The summed E-state index contributed by atoms with van der Waals surface area (Å²) in [6.45, 7) is 4.53. The molecule has 168 valence electrons. The first kappa shape index (κ1) is 21.3. The molecule has 0 bridgehead atoms. The Labute approximate surface area is 194 Å². The van der Waals surface area contributed by atoms with Crippen LogP contribution in [0.1, 0.15) is 24.9 Å². The number of thioether (sulfide) groups is 1. The predicted molar refractivity (Wildman–Crippen MR) is 128 cm³/mol. The summed E-state index contributed by atoms with van der Waals surface area (Å²) < 4.78 is 8.74. The number of anilines is 1. The number of carbonyl (C=O) groups is 1. The molecule has 1 aliphatic rings. The van der Waals surface area contributed by atoms with Gasteiger partial charge in [-0.1, -0.05) is 29.5 Å². The molecular formula is C24H23N5O3S. The third-order valence-corrected chi connectivity index (χ3v) is 6.62. The van der Waals surface area contributed by atoms with Gasteiger partial charge in [0.15, 0.2) is 10.8 Å². The summed E-state index contributed by atoms with van der Waals surface area (Å²) in [4.78, 5) is 30.7. The van der Waals surface area contributed by atoms with E-state index in [4.69, 9.17) is 9.72 Å². The Hall–Kier alpha value is -3.59. The smallest absolute Gasteiger partial charge is 0.265 e. The number of aryl methyl sites for hydroxylation is 1. The molecule has 0 saturated carbocycles. The van der Waals surface area contributed by atoms with E-state index in [-0.39, 0.29) is 23.9 Å². The first-order chi connectivity index (χ1) is 16.0. The highest BCUT2D eigenvalue weighted by Crippen LogP contribution is 2.33. The van der Waals surface area contributed by atoms with E-state index in [2.05, 4.69) is 10.4 Å². The van der Waals surface area contributed by atoms with Crippen molar-refractivity contribution in [2.45, 2.75) is 31.5 Å². The van der Waals surface area contributed by atoms with Crippen LogP contribution in [0.5, 0.6) is 5.75 Å². The fraction of sp³-hybridized carbons (Fsp3) is 0.250. The lowest BCUT2D eigenvalue weighted by Gasteiger charge is -2.14. The summed E-state index contributed by atoms with van der Waals surface area (Å²) in [5, 5.41) is 8.36. The second-order valence-electron chi connectivity index (χ2n) is 7.87. The highest BCUT2D eigenvalue weighted by molar-refractivity contribution is 7.99. The van der Waals surface area contributed by atoms with E-state index in [9.17, 15) is 9.59 Å². The minimum absolute atomic E-state index is 0.153. The molecular weight excluding hydrogens is 438 g/mol. The summed E-state index contributed by atoms with van der Waals surface area (Å²) in [5.74, 6) is 1.22. The van der Waals surface area contributed by atoms with Gasteiger partial charge in [-0.15, -0.1) is 0 Å². The van der Waals surface area contributed by atoms with Gasteiger partial charge in [0.2, 0.25) is 5.91 Å². The van der Waals surface area contributed by atoms with E-state index in [1.165, 1.54) is 11.8 Å². The van der Waals surface area contributed by atoms with Gasteiger partial charge in [0.25, 0.3) is 5.56 Å². The number of benzene rings is 2. The molecule has 1 unspecified atom stereocenters. The largest absolute Gasteiger partial charge is 0.494 e. The van der Waals surface area contributed by atoms with E-state index < -0.39 is 0 Å². The lowest BCUT2D eigenvalue weighted by molar-refractivity contribution is -0.116. The normalized spacial score (nSPS) is 14.9. The maximum absolute atomic E-state index is 13.3. The van der Waals surface area contributed by atoms with Gasteiger partial charge in [-0.05, 0) is 50.2 Å². The van der Waals surface area contributed by atoms with Crippen LogP contribution in [-0.2, 0) is 4.79 Å². The van der Waals surface area contributed by atoms with Crippen LogP contribution < -0.4 is 15.6 Å². The monoisotopic (exact) mass is 461 g/mol. The van der Waals surface area contributed by atoms with Crippen LogP contribution in [0.15, 0.2) is 64.7 Å². The fourth-order valence-corrected chi connectivity index (χ4v) is 5.01. The number of nitrogens with zero attached hydrogens (tertiary/aromatic N) is 4. The molecule has 0 fully saturated rings. The lowest BCUT2D eigenvalue weighted by Crippen LogP contribution is -2.27. The average Bonchev–Trinajstić information content (AvgIpc) is 3.41. The molecule has 8 nitrogen and oxygen atoms in total. The Bertz CT molecular complexity index is 1380. The molecule has 1 amide bonds. The quantitative estimate of drug-likeness (QED) is 0.437. The van der Waals surface area contributed by atoms with Crippen LogP contribution in [0.3, 0.4) is 0 Å². The van der Waals surface area contributed by atoms with Crippen molar-refractivity contribution in [3.05, 3.63) is 70.6 Å². The van der Waals surface area contributed by atoms with Crippen molar-refractivity contribution < 1.29 is 9.53 Å². The number of amides is 1. The predicted octanol–water partition coefficient (Wildman–Crippen LogP) is 3.96. The zero-order valence-electron chi connectivity index (χ0n) is 18.3. The molecule has 5 rings (SSSR count). The average molecular weight is 462 g/mol. The maximum Gasteiger partial charge on any atom is 0.265 e. The van der Waals surface area contributed by atoms with Gasteiger partial charge in [-0.2, -0.15) is 5.10 Å². The first-order valence-corrected chi connectivity index (χ1v) is 11.7.